The number of benzene rings is 1. The van der Waals surface area contributed by atoms with Crippen LogP contribution in [0.25, 0.3) is 0 Å². The lowest BCUT2D eigenvalue weighted by atomic mass is 9.88. The third kappa shape index (κ3) is 2.30. The maximum atomic E-state index is 9.50. The van der Waals surface area contributed by atoms with Gasteiger partial charge in [-0.2, -0.15) is 0 Å². The first-order chi connectivity index (χ1) is 9.17. The molecule has 1 aromatic carbocycles. The Kier molecular flexibility index (Phi) is 4.32. The Morgan fingerprint density at radius 2 is 2.11 bits per heavy atom. The zero-order chi connectivity index (χ0) is 14.0. The second-order valence-corrected chi connectivity index (χ2v) is 4.98. The average molecular weight is 265 g/mol. The predicted octanol–water partition coefficient (Wildman–Crippen LogP) is 2.14. The van der Waals surface area contributed by atoms with E-state index in [1.165, 1.54) is 11.1 Å². The highest BCUT2D eigenvalue weighted by Gasteiger charge is 2.30. The molecule has 1 aliphatic rings. The molecule has 2 rings (SSSR count). The van der Waals surface area contributed by atoms with Gasteiger partial charge in [0.05, 0.1) is 20.8 Å². The minimum atomic E-state index is -0.0283. The smallest absolute Gasteiger partial charge is 0.128 e. The maximum absolute atomic E-state index is 9.50. The fourth-order valence-electron chi connectivity index (χ4n) is 3.10. The van der Waals surface area contributed by atoms with Gasteiger partial charge in [0.2, 0.25) is 0 Å². The first-order valence-corrected chi connectivity index (χ1v) is 6.75. The van der Waals surface area contributed by atoms with E-state index in [-0.39, 0.29) is 6.61 Å². The molecule has 0 amide bonds. The number of fused-ring (bicyclic) bond motifs is 1. The third-order valence-electron chi connectivity index (χ3n) is 4.02. The van der Waals surface area contributed by atoms with Crippen LogP contribution in [0.1, 0.15) is 36.1 Å². The van der Waals surface area contributed by atoms with E-state index in [0.717, 1.165) is 36.4 Å². The van der Waals surface area contributed by atoms with Crippen LogP contribution in [0.15, 0.2) is 6.07 Å². The summed E-state index contributed by atoms with van der Waals surface area (Å²) >= 11 is 0. The van der Waals surface area contributed by atoms with Crippen LogP contribution >= 0.6 is 0 Å². The van der Waals surface area contributed by atoms with Crippen LogP contribution in [0.5, 0.6) is 11.5 Å². The van der Waals surface area contributed by atoms with Crippen molar-refractivity contribution in [3.8, 4) is 11.5 Å². The van der Waals surface area contributed by atoms with Gasteiger partial charge in [0.1, 0.15) is 11.5 Å². The number of aliphatic hydroxyl groups excluding tert-OH is 1. The largest absolute Gasteiger partial charge is 0.496 e. The van der Waals surface area contributed by atoms with Crippen LogP contribution in [-0.4, -0.2) is 37.8 Å². The number of rotatable bonds is 4. The summed E-state index contributed by atoms with van der Waals surface area (Å²) < 4.78 is 11.1. The second-order valence-electron chi connectivity index (χ2n) is 4.98. The third-order valence-corrected chi connectivity index (χ3v) is 4.02. The first kappa shape index (κ1) is 14.2. The molecule has 4 heteroatoms. The van der Waals surface area contributed by atoms with E-state index in [9.17, 15) is 5.11 Å². The van der Waals surface area contributed by atoms with Crippen molar-refractivity contribution in [2.45, 2.75) is 32.4 Å². The quantitative estimate of drug-likeness (QED) is 0.905. The SMILES string of the molecule is CCC1c2c(OC)cc(CO)c(OC)c2CCN1C. The van der Waals surface area contributed by atoms with Crippen molar-refractivity contribution in [2.75, 3.05) is 27.8 Å². The van der Waals surface area contributed by atoms with E-state index in [1.54, 1.807) is 14.2 Å². The fraction of sp³-hybridized carbons (Fsp3) is 0.600. The number of methoxy groups -OCH3 is 2. The molecule has 0 spiro atoms. The molecule has 1 unspecified atom stereocenters. The monoisotopic (exact) mass is 265 g/mol. The van der Waals surface area contributed by atoms with Crippen molar-refractivity contribution in [1.29, 1.82) is 0 Å². The minimum absolute atomic E-state index is 0.0283. The molecule has 1 heterocycles. The Hall–Kier alpha value is -1.26. The summed E-state index contributed by atoms with van der Waals surface area (Å²) in [7, 11) is 5.49. The second kappa shape index (κ2) is 5.80. The molecule has 0 radical (unpaired) electrons. The van der Waals surface area contributed by atoms with Crippen LogP contribution in [0, 0.1) is 0 Å². The van der Waals surface area contributed by atoms with Crippen molar-refractivity contribution in [1.82, 2.24) is 4.90 Å². The molecule has 0 bridgehead atoms. The average Bonchev–Trinajstić information content (AvgIpc) is 2.45. The summed E-state index contributed by atoms with van der Waals surface area (Å²) in [5, 5.41) is 9.50. The van der Waals surface area contributed by atoms with E-state index < -0.39 is 0 Å². The van der Waals surface area contributed by atoms with Crippen LogP contribution in [0.2, 0.25) is 0 Å². The Morgan fingerprint density at radius 1 is 1.37 bits per heavy atom. The molecule has 0 aliphatic carbocycles. The standard InChI is InChI=1S/C15H23NO3/c1-5-12-14-11(6-7-16(12)2)15(19-4)10(9-17)8-13(14)18-3/h8,12,17H,5-7,9H2,1-4H3. The van der Waals surface area contributed by atoms with Gasteiger partial charge in [0.25, 0.3) is 0 Å². The van der Waals surface area contributed by atoms with E-state index >= 15 is 0 Å². The minimum Gasteiger partial charge on any atom is -0.496 e. The molecule has 0 aromatic heterocycles. The summed E-state index contributed by atoms with van der Waals surface area (Å²) in [4.78, 5) is 2.35. The van der Waals surface area contributed by atoms with Gasteiger partial charge < -0.3 is 14.6 Å². The van der Waals surface area contributed by atoms with Crippen molar-refractivity contribution in [3.05, 3.63) is 22.8 Å². The molecule has 4 nitrogen and oxygen atoms in total. The summed E-state index contributed by atoms with van der Waals surface area (Å²) in [5.41, 5.74) is 3.21. The Labute approximate surface area is 114 Å². The zero-order valence-electron chi connectivity index (χ0n) is 12.2. The van der Waals surface area contributed by atoms with E-state index in [0.29, 0.717) is 6.04 Å². The van der Waals surface area contributed by atoms with Gasteiger partial charge in [-0.15, -0.1) is 0 Å². The topological polar surface area (TPSA) is 41.9 Å². The van der Waals surface area contributed by atoms with Gasteiger partial charge in [-0.05, 0) is 26.0 Å². The van der Waals surface area contributed by atoms with Gasteiger partial charge in [0, 0.05) is 29.3 Å². The van der Waals surface area contributed by atoms with Crippen molar-refractivity contribution in [3.63, 3.8) is 0 Å². The molecule has 0 fully saturated rings. The number of aliphatic hydroxyl groups is 1. The lowest BCUT2D eigenvalue weighted by Crippen LogP contribution is -2.32. The predicted molar refractivity (Wildman–Crippen MR) is 74.8 cm³/mol. The van der Waals surface area contributed by atoms with Crippen LogP contribution in [0.4, 0.5) is 0 Å². The zero-order valence-corrected chi connectivity index (χ0v) is 12.2. The molecule has 106 valence electrons. The normalized spacial score (nSPS) is 19.1. The van der Waals surface area contributed by atoms with Crippen LogP contribution in [-0.2, 0) is 13.0 Å². The molecule has 1 aromatic rings. The van der Waals surface area contributed by atoms with Crippen molar-refractivity contribution < 1.29 is 14.6 Å². The number of likely N-dealkylation sites (N-methyl/N-ethyl adjacent to an activating group) is 1. The first-order valence-electron chi connectivity index (χ1n) is 6.75. The van der Waals surface area contributed by atoms with Gasteiger partial charge in [-0.25, -0.2) is 0 Å². The summed E-state index contributed by atoms with van der Waals surface area (Å²) in [5.74, 6) is 1.68. The molecular formula is C15H23NO3. The summed E-state index contributed by atoms with van der Waals surface area (Å²) in [6, 6.07) is 2.25. The van der Waals surface area contributed by atoms with E-state index in [4.69, 9.17) is 9.47 Å². The Morgan fingerprint density at radius 3 is 2.63 bits per heavy atom. The Balaban J connectivity index is 2.66. The molecule has 1 atom stereocenters. The van der Waals surface area contributed by atoms with Gasteiger partial charge in [-0.3, -0.25) is 4.90 Å². The fourth-order valence-corrected chi connectivity index (χ4v) is 3.10. The van der Waals surface area contributed by atoms with Gasteiger partial charge in [0.15, 0.2) is 0 Å². The number of ether oxygens (including phenoxy) is 2. The van der Waals surface area contributed by atoms with Crippen LogP contribution in [0.3, 0.4) is 0 Å². The highest BCUT2D eigenvalue weighted by atomic mass is 16.5. The van der Waals surface area contributed by atoms with E-state index in [1.807, 2.05) is 6.07 Å². The Bertz CT molecular complexity index is 459. The van der Waals surface area contributed by atoms with Gasteiger partial charge >= 0.3 is 0 Å². The van der Waals surface area contributed by atoms with Crippen molar-refractivity contribution >= 4 is 0 Å². The van der Waals surface area contributed by atoms with E-state index in [2.05, 4.69) is 18.9 Å². The van der Waals surface area contributed by atoms with Crippen LogP contribution < -0.4 is 9.47 Å². The highest BCUT2D eigenvalue weighted by Crippen LogP contribution is 2.43. The lowest BCUT2D eigenvalue weighted by molar-refractivity contribution is 0.214. The number of nitrogens with zero attached hydrogens (tertiary/aromatic N) is 1. The molecule has 1 N–H and O–H groups in total. The number of hydrogen-bond acceptors (Lipinski definition) is 4. The lowest BCUT2D eigenvalue weighted by Gasteiger charge is -2.36. The van der Waals surface area contributed by atoms with Gasteiger partial charge in [-0.1, -0.05) is 6.92 Å². The summed E-state index contributed by atoms with van der Waals surface area (Å²) in [6.07, 6.45) is 1.96. The molecule has 0 saturated heterocycles. The molecule has 0 saturated carbocycles. The maximum Gasteiger partial charge on any atom is 0.128 e. The highest BCUT2D eigenvalue weighted by molar-refractivity contribution is 5.56. The molecule has 19 heavy (non-hydrogen) atoms. The molecule has 1 aliphatic heterocycles. The van der Waals surface area contributed by atoms with Crippen molar-refractivity contribution in [2.24, 2.45) is 0 Å². The number of hydrogen-bond donors (Lipinski definition) is 1. The summed E-state index contributed by atoms with van der Waals surface area (Å²) in [6.45, 7) is 3.15. The molecular weight excluding hydrogens is 242 g/mol.